The van der Waals surface area contributed by atoms with Gasteiger partial charge in [-0.05, 0) is 17.7 Å². The maximum atomic E-state index is 12.7. The Kier molecular flexibility index (Phi) is 6.02. The third-order valence-corrected chi connectivity index (χ3v) is 2.09. The zero-order valence-electron chi connectivity index (χ0n) is 7.59. The molecule has 15 heavy (non-hydrogen) atoms. The van der Waals surface area contributed by atoms with Crippen molar-refractivity contribution < 1.29 is 13.2 Å². The molecule has 0 aliphatic heterocycles. The molecule has 6 heteroatoms. The number of hydrogen-bond donors (Lipinski definition) is 1. The summed E-state index contributed by atoms with van der Waals surface area (Å²) in [7, 11) is 0. The maximum Gasteiger partial charge on any atom is 0.240 e. The van der Waals surface area contributed by atoms with Crippen LogP contribution in [0.5, 0.6) is 0 Å². The average Bonchev–Trinajstić information content (AvgIpc) is 2.08. The maximum absolute atomic E-state index is 12.7. The van der Waals surface area contributed by atoms with Crippen molar-refractivity contribution in [3.63, 3.8) is 0 Å². The summed E-state index contributed by atoms with van der Waals surface area (Å²) >= 11 is 5.48. The first-order chi connectivity index (χ1) is 6.50. The number of rotatable bonds is 3. The molecule has 0 unspecified atom stereocenters. The smallest absolute Gasteiger partial charge is 0.240 e. The fourth-order valence-electron chi connectivity index (χ4n) is 1.07. The summed E-state index contributed by atoms with van der Waals surface area (Å²) in [6.07, 6.45) is -2.93. The lowest BCUT2D eigenvalue weighted by molar-refractivity contribution is 0.128. The molecule has 0 amide bonds. The van der Waals surface area contributed by atoms with Gasteiger partial charge >= 0.3 is 0 Å². The predicted molar refractivity (Wildman–Crippen MR) is 56.2 cm³/mol. The molecule has 1 aromatic rings. The van der Waals surface area contributed by atoms with Gasteiger partial charge in [-0.15, -0.1) is 12.4 Å². The molecule has 86 valence electrons. The van der Waals surface area contributed by atoms with Crippen LogP contribution in [0.4, 0.5) is 13.2 Å². The van der Waals surface area contributed by atoms with Crippen LogP contribution in [0.1, 0.15) is 18.0 Å². The van der Waals surface area contributed by atoms with E-state index in [4.69, 9.17) is 17.3 Å². The zero-order chi connectivity index (χ0) is 10.7. The van der Waals surface area contributed by atoms with Crippen LogP contribution in [-0.2, 0) is 0 Å². The number of halogens is 5. The van der Waals surface area contributed by atoms with Crippen molar-refractivity contribution >= 4 is 24.0 Å². The molecule has 0 fully saturated rings. The summed E-state index contributed by atoms with van der Waals surface area (Å²) in [6, 6.07) is 2.93. The van der Waals surface area contributed by atoms with Crippen LogP contribution in [0.3, 0.4) is 0 Å². The Morgan fingerprint density at radius 3 is 2.40 bits per heavy atom. The van der Waals surface area contributed by atoms with Gasteiger partial charge in [-0.1, -0.05) is 17.7 Å². The van der Waals surface area contributed by atoms with E-state index in [1.54, 1.807) is 0 Å². The quantitative estimate of drug-likeness (QED) is 0.883. The van der Waals surface area contributed by atoms with Gasteiger partial charge in [0, 0.05) is 12.5 Å². The van der Waals surface area contributed by atoms with E-state index < -0.39 is 24.7 Å². The lowest BCUT2D eigenvalue weighted by Gasteiger charge is -2.11. The SMILES string of the molecule is Cl.N[C@@H](CC(F)F)c1ccc(F)c(Cl)c1. The van der Waals surface area contributed by atoms with E-state index >= 15 is 0 Å². The van der Waals surface area contributed by atoms with Gasteiger partial charge in [0.1, 0.15) is 5.82 Å². The molecular weight excluding hydrogens is 250 g/mol. The standard InChI is InChI=1S/C9H9ClF3N.ClH/c10-6-3-5(1-2-7(6)11)8(14)4-9(12)13;/h1-3,8-9H,4,14H2;1H/t8-;/m0./s1. The van der Waals surface area contributed by atoms with E-state index in [0.717, 1.165) is 6.07 Å². The first-order valence-electron chi connectivity index (χ1n) is 3.99. The van der Waals surface area contributed by atoms with Crippen LogP contribution in [0.25, 0.3) is 0 Å². The van der Waals surface area contributed by atoms with Crippen molar-refractivity contribution in [3.05, 3.63) is 34.6 Å². The van der Waals surface area contributed by atoms with Crippen molar-refractivity contribution in [2.24, 2.45) is 5.73 Å². The fourth-order valence-corrected chi connectivity index (χ4v) is 1.26. The molecule has 0 aliphatic rings. The van der Waals surface area contributed by atoms with E-state index in [9.17, 15) is 13.2 Å². The highest BCUT2D eigenvalue weighted by Crippen LogP contribution is 2.23. The summed E-state index contributed by atoms with van der Waals surface area (Å²) in [4.78, 5) is 0. The van der Waals surface area contributed by atoms with E-state index in [1.807, 2.05) is 0 Å². The van der Waals surface area contributed by atoms with Crippen LogP contribution in [0.2, 0.25) is 5.02 Å². The van der Waals surface area contributed by atoms with Crippen molar-refractivity contribution in [2.75, 3.05) is 0 Å². The van der Waals surface area contributed by atoms with E-state index in [0.29, 0.717) is 5.56 Å². The summed E-state index contributed by atoms with van der Waals surface area (Å²) in [5, 5.41) is -0.104. The fraction of sp³-hybridized carbons (Fsp3) is 0.333. The van der Waals surface area contributed by atoms with Gasteiger partial charge in [0.15, 0.2) is 0 Å². The summed E-state index contributed by atoms with van der Waals surface area (Å²) in [5.41, 5.74) is 5.87. The monoisotopic (exact) mass is 259 g/mol. The lowest BCUT2D eigenvalue weighted by Crippen LogP contribution is -2.13. The average molecular weight is 260 g/mol. The second-order valence-electron chi connectivity index (χ2n) is 2.91. The van der Waals surface area contributed by atoms with Crippen LogP contribution >= 0.6 is 24.0 Å². The summed E-state index contributed by atoms with van der Waals surface area (Å²) < 4.78 is 36.6. The highest BCUT2D eigenvalue weighted by molar-refractivity contribution is 6.30. The number of hydrogen-bond acceptors (Lipinski definition) is 1. The van der Waals surface area contributed by atoms with Crippen LogP contribution in [-0.4, -0.2) is 6.43 Å². The molecule has 1 rings (SSSR count). The third kappa shape index (κ3) is 4.28. The second kappa shape index (κ2) is 6.20. The van der Waals surface area contributed by atoms with Gasteiger partial charge in [0.25, 0.3) is 0 Å². The van der Waals surface area contributed by atoms with Gasteiger partial charge in [0.2, 0.25) is 6.43 Å². The van der Waals surface area contributed by atoms with Gasteiger partial charge in [-0.25, -0.2) is 13.2 Å². The topological polar surface area (TPSA) is 26.0 Å². The van der Waals surface area contributed by atoms with Crippen LogP contribution in [0, 0.1) is 5.82 Å². The Bertz CT molecular complexity index is 320. The Balaban J connectivity index is 0.00000196. The Morgan fingerprint density at radius 2 is 1.93 bits per heavy atom. The van der Waals surface area contributed by atoms with E-state index in [2.05, 4.69) is 0 Å². The van der Waals surface area contributed by atoms with E-state index in [1.165, 1.54) is 12.1 Å². The Morgan fingerprint density at radius 1 is 1.33 bits per heavy atom. The Labute approximate surface area is 96.8 Å². The minimum absolute atomic E-state index is 0. The first-order valence-corrected chi connectivity index (χ1v) is 4.37. The zero-order valence-corrected chi connectivity index (χ0v) is 9.16. The first kappa shape index (κ1) is 14.6. The minimum Gasteiger partial charge on any atom is -0.324 e. The summed E-state index contributed by atoms with van der Waals surface area (Å²) in [6.45, 7) is 0. The minimum atomic E-state index is -2.48. The molecule has 2 N–H and O–H groups in total. The van der Waals surface area contributed by atoms with E-state index in [-0.39, 0.29) is 17.4 Å². The molecule has 1 aromatic carbocycles. The van der Waals surface area contributed by atoms with Crippen LogP contribution < -0.4 is 5.73 Å². The Hall–Kier alpha value is -0.450. The predicted octanol–water partition coefficient (Wildman–Crippen LogP) is 3.56. The highest BCUT2D eigenvalue weighted by atomic mass is 35.5. The number of alkyl halides is 2. The number of nitrogens with two attached hydrogens (primary N) is 1. The molecule has 0 aliphatic carbocycles. The lowest BCUT2D eigenvalue weighted by atomic mass is 10.1. The molecule has 0 saturated heterocycles. The molecule has 0 saturated carbocycles. The highest BCUT2D eigenvalue weighted by Gasteiger charge is 2.13. The normalized spacial score (nSPS) is 12.4. The van der Waals surface area contributed by atoms with Gasteiger partial charge < -0.3 is 5.73 Å². The van der Waals surface area contributed by atoms with Crippen molar-refractivity contribution in [2.45, 2.75) is 18.9 Å². The second-order valence-corrected chi connectivity index (χ2v) is 3.31. The molecule has 1 nitrogen and oxygen atoms in total. The molecule has 0 radical (unpaired) electrons. The molecule has 0 bridgehead atoms. The molecule has 0 aromatic heterocycles. The molecular formula is C9H10Cl2F3N. The molecule has 0 spiro atoms. The van der Waals surface area contributed by atoms with Crippen molar-refractivity contribution in [1.82, 2.24) is 0 Å². The van der Waals surface area contributed by atoms with Crippen molar-refractivity contribution in [3.8, 4) is 0 Å². The summed E-state index contributed by atoms with van der Waals surface area (Å²) in [5.74, 6) is -0.584. The van der Waals surface area contributed by atoms with Gasteiger partial charge in [-0.2, -0.15) is 0 Å². The van der Waals surface area contributed by atoms with Gasteiger partial charge in [0.05, 0.1) is 5.02 Å². The number of benzene rings is 1. The molecule has 0 heterocycles. The van der Waals surface area contributed by atoms with Crippen molar-refractivity contribution in [1.29, 1.82) is 0 Å². The van der Waals surface area contributed by atoms with Gasteiger partial charge in [-0.3, -0.25) is 0 Å². The largest absolute Gasteiger partial charge is 0.324 e. The third-order valence-electron chi connectivity index (χ3n) is 1.80. The molecule has 1 atom stereocenters. The van der Waals surface area contributed by atoms with Crippen LogP contribution in [0.15, 0.2) is 18.2 Å².